The van der Waals surface area contributed by atoms with Crippen LogP contribution in [0.15, 0.2) is 22.7 Å². The molecule has 0 aromatic heterocycles. The topological polar surface area (TPSA) is 38.3 Å². The first-order valence-corrected chi connectivity index (χ1v) is 5.83. The van der Waals surface area contributed by atoms with Crippen LogP contribution in [0, 0.1) is 6.92 Å². The minimum atomic E-state index is -0.432. The molecule has 0 aliphatic heterocycles. The first kappa shape index (κ1) is 13.0. The molecule has 1 aromatic rings. The molecule has 0 saturated heterocycles. The largest absolute Gasteiger partial charge is 0.413 e. The maximum atomic E-state index is 11.5. The lowest BCUT2D eigenvalue weighted by Crippen LogP contribution is -2.42. The molecule has 0 heterocycles. The predicted molar refractivity (Wildman–Crippen MR) is 67.8 cm³/mol. The highest BCUT2D eigenvalue weighted by Crippen LogP contribution is 2.22. The molecule has 16 heavy (non-hydrogen) atoms. The van der Waals surface area contributed by atoms with Gasteiger partial charge in [-0.25, -0.2) is 4.79 Å². The second-order valence-electron chi connectivity index (χ2n) is 4.67. The molecule has 0 bridgehead atoms. The van der Waals surface area contributed by atoms with E-state index in [4.69, 9.17) is 4.74 Å². The van der Waals surface area contributed by atoms with Crippen molar-refractivity contribution in [3.05, 3.63) is 28.2 Å². The summed E-state index contributed by atoms with van der Waals surface area (Å²) in [7, 11) is 0. The number of nitrogens with one attached hydrogen (secondary N) is 1. The summed E-state index contributed by atoms with van der Waals surface area (Å²) in [5, 5.41) is 2.74. The Balaban J connectivity index is 2.70. The number of benzene rings is 1. The second kappa shape index (κ2) is 4.87. The summed E-state index contributed by atoms with van der Waals surface area (Å²) in [4.78, 5) is 11.5. The van der Waals surface area contributed by atoms with E-state index in [0.717, 1.165) is 10.0 Å². The number of carbonyl (C=O) groups excluding carboxylic acids is 1. The van der Waals surface area contributed by atoms with E-state index in [-0.39, 0.29) is 5.54 Å². The van der Waals surface area contributed by atoms with Crippen LogP contribution in [0.5, 0.6) is 5.75 Å². The fourth-order valence-electron chi connectivity index (χ4n) is 1.16. The zero-order valence-corrected chi connectivity index (χ0v) is 11.5. The fourth-order valence-corrected chi connectivity index (χ4v) is 1.63. The third kappa shape index (κ3) is 4.23. The van der Waals surface area contributed by atoms with Crippen LogP contribution in [0.3, 0.4) is 0 Å². The first-order valence-electron chi connectivity index (χ1n) is 5.04. The highest BCUT2D eigenvalue weighted by molar-refractivity contribution is 9.10. The molecule has 0 radical (unpaired) electrons. The molecule has 1 aromatic carbocycles. The van der Waals surface area contributed by atoms with Gasteiger partial charge in [0.2, 0.25) is 0 Å². The van der Waals surface area contributed by atoms with Crippen LogP contribution in [-0.4, -0.2) is 11.6 Å². The van der Waals surface area contributed by atoms with Gasteiger partial charge in [0, 0.05) is 10.0 Å². The maximum absolute atomic E-state index is 11.5. The number of aryl methyl sites for hydroxylation is 1. The molecule has 0 aliphatic rings. The molecule has 0 spiro atoms. The van der Waals surface area contributed by atoms with E-state index in [1.54, 1.807) is 6.07 Å². The Morgan fingerprint density at radius 2 is 2.00 bits per heavy atom. The SMILES string of the molecule is Cc1cc(Br)ccc1OC(=O)NC(C)(C)C. The molecule has 88 valence electrons. The van der Waals surface area contributed by atoms with Gasteiger partial charge in [0.05, 0.1) is 0 Å². The molecule has 4 heteroatoms. The number of hydrogen-bond donors (Lipinski definition) is 1. The van der Waals surface area contributed by atoms with Crippen LogP contribution in [-0.2, 0) is 0 Å². The van der Waals surface area contributed by atoms with E-state index in [2.05, 4.69) is 21.2 Å². The second-order valence-corrected chi connectivity index (χ2v) is 5.59. The number of rotatable bonds is 1. The van der Waals surface area contributed by atoms with Gasteiger partial charge >= 0.3 is 6.09 Å². The van der Waals surface area contributed by atoms with Crippen molar-refractivity contribution >= 4 is 22.0 Å². The Morgan fingerprint density at radius 3 is 2.50 bits per heavy atom. The number of carbonyl (C=O) groups is 1. The highest BCUT2D eigenvalue weighted by atomic mass is 79.9. The Labute approximate surface area is 104 Å². The standard InChI is InChI=1S/C12H16BrNO2/c1-8-7-9(13)5-6-10(8)16-11(15)14-12(2,3)4/h5-7H,1-4H3,(H,14,15). The van der Waals surface area contributed by atoms with E-state index < -0.39 is 6.09 Å². The van der Waals surface area contributed by atoms with E-state index in [9.17, 15) is 4.79 Å². The van der Waals surface area contributed by atoms with Gasteiger partial charge < -0.3 is 10.1 Å². The third-order valence-corrected chi connectivity index (χ3v) is 2.31. The number of hydrogen-bond acceptors (Lipinski definition) is 2. The molecule has 1 amide bonds. The van der Waals surface area contributed by atoms with Crippen molar-refractivity contribution in [3.8, 4) is 5.75 Å². The number of amides is 1. The lowest BCUT2D eigenvalue weighted by Gasteiger charge is -2.20. The monoisotopic (exact) mass is 285 g/mol. The summed E-state index contributed by atoms with van der Waals surface area (Å²) in [6.07, 6.45) is -0.432. The number of halogens is 1. The van der Waals surface area contributed by atoms with Crippen LogP contribution in [0.1, 0.15) is 26.3 Å². The van der Waals surface area contributed by atoms with Gasteiger partial charge in [-0.05, 0) is 51.5 Å². The van der Waals surface area contributed by atoms with Gasteiger partial charge in [-0.2, -0.15) is 0 Å². The average Bonchev–Trinajstić information content (AvgIpc) is 2.06. The summed E-state index contributed by atoms with van der Waals surface area (Å²) in [6, 6.07) is 5.51. The van der Waals surface area contributed by atoms with Crippen molar-refractivity contribution < 1.29 is 9.53 Å². The lowest BCUT2D eigenvalue weighted by atomic mass is 10.1. The molecule has 0 atom stereocenters. The molecule has 1 N–H and O–H groups in total. The van der Waals surface area contributed by atoms with Gasteiger partial charge in [-0.1, -0.05) is 15.9 Å². The smallest absolute Gasteiger partial charge is 0.410 e. The lowest BCUT2D eigenvalue weighted by molar-refractivity contribution is 0.190. The van der Waals surface area contributed by atoms with Gasteiger partial charge in [0.1, 0.15) is 5.75 Å². The van der Waals surface area contributed by atoms with Crippen molar-refractivity contribution in [3.63, 3.8) is 0 Å². The van der Waals surface area contributed by atoms with Crippen LogP contribution in [0.2, 0.25) is 0 Å². The van der Waals surface area contributed by atoms with Crippen molar-refractivity contribution in [2.75, 3.05) is 0 Å². The van der Waals surface area contributed by atoms with Crippen LogP contribution in [0.25, 0.3) is 0 Å². The van der Waals surface area contributed by atoms with Crippen molar-refractivity contribution in [1.29, 1.82) is 0 Å². The summed E-state index contributed by atoms with van der Waals surface area (Å²) < 4.78 is 6.17. The minimum absolute atomic E-state index is 0.291. The molecular formula is C12H16BrNO2. The third-order valence-electron chi connectivity index (χ3n) is 1.82. The van der Waals surface area contributed by atoms with Gasteiger partial charge in [-0.3, -0.25) is 0 Å². The van der Waals surface area contributed by atoms with Crippen LogP contribution >= 0.6 is 15.9 Å². The summed E-state index contributed by atoms with van der Waals surface area (Å²) in [5.41, 5.74) is 0.624. The minimum Gasteiger partial charge on any atom is -0.410 e. The molecule has 0 unspecified atom stereocenters. The van der Waals surface area contributed by atoms with E-state index >= 15 is 0 Å². The Bertz CT molecular complexity index is 396. The molecule has 0 saturated carbocycles. The normalized spacial score (nSPS) is 11.1. The summed E-state index contributed by atoms with van der Waals surface area (Å²) >= 11 is 3.36. The van der Waals surface area contributed by atoms with E-state index in [1.165, 1.54) is 0 Å². The van der Waals surface area contributed by atoms with Gasteiger partial charge in [0.15, 0.2) is 0 Å². The maximum Gasteiger partial charge on any atom is 0.413 e. The Kier molecular flexibility index (Phi) is 3.97. The zero-order chi connectivity index (χ0) is 12.3. The van der Waals surface area contributed by atoms with Gasteiger partial charge in [-0.15, -0.1) is 0 Å². The molecule has 1 rings (SSSR count). The van der Waals surface area contributed by atoms with Crippen molar-refractivity contribution in [2.45, 2.75) is 33.2 Å². The van der Waals surface area contributed by atoms with Gasteiger partial charge in [0.25, 0.3) is 0 Å². The van der Waals surface area contributed by atoms with E-state index in [0.29, 0.717) is 5.75 Å². The molecule has 0 fully saturated rings. The number of ether oxygens (including phenoxy) is 1. The van der Waals surface area contributed by atoms with Crippen LogP contribution in [0.4, 0.5) is 4.79 Å². The highest BCUT2D eigenvalue weighted by Gasteiger charge is 2.15. The molecule has 0 aliphatic carbocycles. The summed E-state index contributed by atoms with van der Waals surface area (Å²) in [5.74, 6) is 0.574. The average molecular weight is 286 g/mol. The van der Waals surface area contributed by atoms with Crippen LogP contribution < -0.4 is 10.1 Å². The molecular weight excluding hydrogens is 270 g/mol. The first-order chi connectivity index (χ1) is 7.28. The zero-order valence-electron chi connectivity index (χ0n) is 9.93. The van der Waals surface area contributed by atoms with Crippen molar-refractivity contribution in [1.82, 2.24) is 5.32 Å². The summed E-state index contributed by atoms with van der Waals surface area (Å²) in [6.45, 7) is 7.61. The Morgan fingerprint density at radius 1 is 1.38 bits per heavy atom. The van der Waals surface area contributed by atoms with Crippen molar-refractivity contribution in [2.24, 2.45) is 0 Å². The Hall–Kier alpha value is -1.03. The molecule has 3 nitrogen and oxygen atoms in total. The van der Waals surface area contributed by atoms with E-state index in [1.807, 2.05) is 39.8 Å². The quantitative estimate of drug-likeness (QED) is 0.855. The fraction of sp³-hybridized carbons (Fsp3) is 0.417. The predicted octanol–water partition coefficient (Wildman–Crippen LogP) is 3.64.